The molecule has 1 aromatic heterocycles. The van der Waals surface area contributed by atoms with Crippen LogP contribution in [0.3, 0.4) is 0 Å². The van der Waals surface area contributed by atoms with E-state index in [4.69, 9.17) is 9.47 Å². The van der Waals surface area contributed by atoms with Gasteiger partial charge in [0.25, 0.3) is 5.91 Å². The number of methoxy groups -OCH3 is 2. The Morgan fingerprint density at radius 3 is 2.26 bits per heavy atom. The summed E-state index contributed by atoms with van der Waals surface area (Å²) in [5, 5.41) is 0. The molecule has 0 spiro atoms. The first-order valence-electron chi connectivity index (χ1n) is 8.39. The lowest BCUT2D eigenvalue weighted by molar-refractivity contribution is 0.0697. The third-order valence-corrected chi connectivity index (χ3v) is 6.36. The number of carbonyl (C=O) groups is 1. The molecule has 27 heavy (non-hydrogen) atoms. The first-order chi connectivity index (χ1) is 13.0. The Hall–Kier alpha value is -2.65. The predicted molar refractivity (Wildman–Crippen MR) is 98.4 cm³/mol. The molecular formula is C18H21N3O5S. The summed E-state index contributed by atoms with van der Waals surface area (Å²) in [4.78, 5) is 18.1. The van der Waals surface area contributed by atoms with E-state index < -0.39 is 10.0 Å². The normalized spacial score (nSPS) is 15.4. The Balaban J connectivity index is 1.76. The Morgan fingerprint density at radius 2 is 1.67 bits per heavy atom. The summed E-state index contributed by atoms with van der Waals surface area (Å²) in [7, 11) is -0.874. The lowest BCUT2D eigenvalue weighted by Crippen LogP contribution is -2.50. The third kappa shape index (κ3) is 3.88. The highest BCUT2D eigenvalue weighted by atomic mass is 32.2. The average Bonchev–Trinajstić information content (AvgIpc) is 2.73. The fourth-order valence-electron chi connectivity index (χ4n) is 2.93. The maximum absolute atomic E-state index is 13.1. The van der Waals surface area contributed by atoms with E-state index in [1.165, 1.54) is 24.6 Å². The van der Waals surface area contributed by atoms with Crippen LogP contribution in [0.2, 0.25) is 0 Å². The van der Waals surface area contributed by atoms with Crippen molar-refractivity contribution in [3.05, 3.63) is 48.3 Å². The van der Waals surface area contributed by atoms with E-state index in [-0.39, 0.29) is 29.6 Å². The van der Waals surface area contributed by atoms with Gasteiger partial charge < -0.3 is 14.4 Å². The minimum atomic E-state index is -3.77. The van der Waals surface area contributed by atoms with Crippen molar-refractivity contribution in [2.75, 3.05) is 40.4 Å². The van der Waals surface area contributed by atoms with Gasteiger partial charge in [0.2, 0.25) is 10.0 Å². The number of piperazine rings is 1. The molecule has 0 unspecified atom stereocenters. The quantitative estimate of drug-likeness (QED) is 0.762. The average molecular weight is 391 g/mol. The SMILES string of the molecule is COc1ccc(OC)c(S(=O)(=O)N2CCN(C(=O)c3ccncc3)CC2)c1. The fraction of sp³-hybridized carbons (Fsp3) is 0.333. The largest absolute Gasteiger partial charge is 0.497 e. The molecule has 3 rings (SSSR count). The number of nitrogens with zero attached hydrogens (tertiary/aromatic N) is 3. The van der Waals surface area contributed by atoms with Crippen LogP contribution < -0.4 is 9.47 Å². The van der Waals surface area contributed by atoms with Crippen molar-refractivity contribution in [1.29, 1.82) is 0 Å². The molecule has 0 saturated carbocycles. The lowest BCUT2D eigenvalue weighted by atomic mass is 10.2. The predicted octanol–water partition coefficient (Wildman–Crippen LogP) is 1.25. The molecule has 0 radical (unpaired) electrons. The second kappa shape index (κ2) is 7.93. The minimum absolute atomic E-state index is 0.0539. The van der Waals surface area contributed by atoms with Gasteiger partial charge in [-0.15, -0.1) is 0 Å². The van der Waals surface area contributed by atoms with Crippen LogP contribution in [0, 0.1) is 0 Å². The fourth-order valence-corrected chi connectivity index (χ4v) is 4.53. The zero-order valence-electron chi connectivity index (χ0n) is 15.2. The molecule has 0 aliphatic carbocycles. The van der Waals surface area contributed by atoms with Gasteiger partial charge in [0.1, 0.15) is 16.4 Å². The highest BCUT2D eigenvalue weighted by Gasteiger charge is 2.32. The molecule has 1 aliphatic heterocycles. The van der Waals surface area contributed by atoms with Gasteiger partial charge in [-0.2, -0.15) is 4.31 Å². The van der Waals surface area contributed by atoms with Crippen LogP contribution in [0.1, 0.15) is 10.4 Å². The molecule has 1 saturated heterocycles. The highest BCUT2D eigenvalue weighted by molar-refractivity contribution is 7.89. The Labute approximate surface area is 158 Å². The molecule has 1 amide bonds. The van der Waals surface area contributed by atoms with Crippen LogP contribution in [-0.2, 0) is 10.0 Å². The van der Waals surface area contributed by atoms with E-state index in [0.29, 0.717) is 24.4 Å². The number of aromatic nitrogens is 1. The highest BCUT2D eigenvalue weighted by Crippen LogP contribution is 2.31. The van der Waals surface area contributed by atoms with Crippen molar-refractivity contribution < 1.29 is 22.7 Å². The molecule has 0 bridgehead atoms. The Kier molecular flexibility index (Phi) is 5.62. The number of rotatable bonds is 5. The van der Waals surface area contributed by atoms with E-state index >= 15 is 0 Å². The van der Waals surface area contributed by atoms with Gasteiger partial charge in [0, 0.05) is 50.2 Å². The van der Waals surface area contributed by atoms with Crippen LogP contribution in [0.25, 0.3) is 0 Å². The third-order valence-electron chi connectivity index (χ3n) is 4.44. The maximum Gasteiger partial charge on any atom is 0.254 e. The van der Waals surface area contributed by atoms with Crippen LogP contribution in [0.4, 0.5) is 0 Å². The standard InChI is InChI=1S/C18H21N3O5S/c1-25-15-3-4-16(26-2)17(13-15)27(23,24)21-11-9-20(10-12-21)18(22)14-5-7-19-8-6-14/h3-8,13H,9-12H2,1-2H3. The molecule has 1 aliphatic rings. The summed E-state index contributed by atoms with van der Waals surface area (Å²) in [6, 6.07) is 7.94. The van der Waals surface area contributed by atoms with E-state index in [2.05, 4.69) is 4.98 Å². The first-order valence-corrected chi connectivity index (χ1v) is 9.83. The van der Waals surface area contributed by atoms with Gasteiger partial charge in [-0.3, -0.25) is 9.78 Å². The molecule has 0 N–H and O–H groups in total. The zero-order chi connectivity index (χ0) is 19.4. The minimum Gasteiger partial charge on any atom is -0.497 e. The van der Waals surface area contributed by atoms with Crippen LogP contribution in [0.15, 0.2) is 47.6 Å². The molecular weight excluding hydrogens is 370 g/mol. The van der Waals surface area contributed by atoms with Gasteiger partial charge >= 0.3 is 0 Å². The summed E-state index contributed by atoms with van der Waals surface area (Å²) in [5.41, 5.74) is 0.538. The molecule has 1 fully saturated rings. The van der Waals surface area contributed by atoms with E-state index in [0.717, 1.165) is 0 Å². The van der Waals surface area contributed by atoms with Crippen molar-refractivity contribution in [2.24, 2.45) is 0 Å². The van der Waals surface area contributed by atoms with Gasteiger partial charge in [0.15, 0.2) is 0 Å². The lowest BCUT2D eigenvalue weighted by Gasteiger charge is -2.34. The summed E-state index contributed by atoms with van der Waals surface area (Å²) < 4.78 is 37.8. The number of amides is 1. The van der Waals surface area contributed by atoms with Crippen LogP contribution >= 0.6 is 0 Å². The smallest absolute Gasteiger partial charge is 0.254 e. The molecule has 8 nitrogen and oxygen atoms in total. The van der Waals surface area contributed by atoms with Gasteiger partial charge in [-0.05, 0) is 24.3 Å². The summed E-state index contributed by atoms with van der Waals surface area (Å²) >= 11 is 0. The van der Waals surface area contributed by atoms with Crippen molar-refractivity contribution in [3.63, 3.8) is 0 Å². The van der Waals surface area contributed by atoms with Gasteiger partial charge in [0.05, 0.1) is 14.2 Å². The summed E-state index contributed by atoms with van der Waals surface area (Å²) in [6.45, 7) is 1.04. The monoisotopic (exact) mass is 391 g/mol. The van der Waals surface area contributed by atoms with Crippen molar-refractivity contribution >= 4 is 15.9 Å². The first kappa shape index (κ1) is 19.1. The number of pyridine rings is 1. The second-order valence-electron chi connectivity index (χ2n) is 5.95. The summed E-state index contributed by atoms with van der Waals surface area (Å²) in [6.07, 6.45) is 3.12. The molecule has 9 heteroatoms. The molecule has 1 aromatic carbocycles. The number of carbonyl (C=O) groups excluding carboxylic acids is 1. The Bertz CT molecular complexity index is 910. The number of hydrogen-bond acceptors (Lipinski definition) is 6. The number of benzene rings is 1. The van der Waals surface area contributed by atoms with Gasteiger partial charge in [-0.1, -0.05) is 0 Å². The molecule has 0 atom stereocenters. The molecule has 144 valence electrons. The molecule has 2 heterocycles. The maximum atomic E-state index is 13.1. The van der Waals surface area contributed by atoms with Gasteiger partial charge in [-0.25, -0.2) is 8.42 Å². The molecule has 2 aromatic rings. The number of sulfonamides is 1. The Morgan fingerprint density at radius 1 is 1.00 bits per heavy atom. The number of ether oxygens (including phenoxy) is 2. The topological polar surface area (TPSA) is 89.0 Å². The zero-order valence-corrected chi connectivity index (χ0v) is 16.0. The van der Waals surface area contributed by atoms with E-state index in [1.54, 1.807) is 41.6 Å². The van der Waals surface area contributed by atoms with E-state index in [1.807, 2.05) is 0 Å². The van der Waals surface area contributed by atoms with Crippen molar-refractivity contribution in [1.82, 2.24) is 14.2 Å². The van der Waals surface area contributed by atoms with Crippen LogP contribution in [0.5, 0.6) is 11.5 Å². The van der Waals surface area contributed by atoms with Crippen LogP contribution in [-0.4, -0.2) is 68.9 Å². The second-order valence-corrected chi connectivity index (χ2v) is 7.86. The van der Waals surface area contributed by atoms with Crippen molar-refractivity contribution in [2.45, 2.75) is 4.90 Å². The number of hydrogen-bond donors (Lipinski definition) is 0. The van der Waals surface area contributed by atoms with E-state index in [9.17, 15) is 13.2 Å². The summed E-state index contributed by atoms with van der Waals surface area (Å²) in [5.74, 6) is 0.556. The van der Waals surface area contributed by atoms with Crippen molar-refractivity contribution in [3.8, 4) is 11.5 Å².